The lowest BCUT2D eigenvalue weighted by molar-refractivity contribution is 0.00696. The van der Waals surface area contributed by atoms with E-state index in [0.29, 0.717) is 5.56 Å². The fraction of sp³-hybridized carbons (Fsp3) is 0.632. The number of hydrogen-bond acceptors (Lipinski definition) is 3. The van der Waals surface area contributed by atoms with Crippen LogP contribution in [0.1, 0.15) is 70.7 Å². The Morgan fingerprint density at radius 2 is 1.50 bits per heavy atom. The molecule has 1 rings (SSSR count). The fourth-order valence-corrected chi connectivity index (χ4v) is 2.21. The summed E-state index contributed by atoms with van der Waals surface area (Å²) in [4.78, 5) is 14.5. The number of hydrogen-bond donors (Lipinski definition) is 0. The number of carbonyl (C=O) groups is 1. The van der Waals surface area contributed by atoms with Crippen LogP contribution >= 0.6 is 0 Å². The second kappa shape index (κ2) is 8.82. The molecule has 3 nitrogen and oxygen atoms in total. The standard InChI is InChI=1S/C19H31NO2/c1-6-8-14-20(15-9-7-2)17-12-10-16(11-13-17)18(21)22-19(3,4)5/h10-13H,6-9,14-15H2,1-5H3. The van der Waals surface area contributed by atoms with E-state index in [9.17, 15) is 4.79 Å². The van der Waals surface area contributed by atoms with Crippen molar-refractivity contribution in [2.45, 2.75) is 65.9 Å². The van der Waals surface area contributed by atoms with Crippen LogP contribution in [0.15, 0.2) is 24.3 Å². The SMILES string of the molecule is CCCCN(CCCC)c1ccc(C(=O)OC(C)(C)C)cc1. The summed E-state index contributed by atoms with van der Waals surface area (Å²) in [6.45, 7) is 12.2. The van der Waals surface area contributed by atoms with E-state index in [1.807, 2.05) is 45.0 Å². The van der Waals surface area contributed by atoms with Crippen molar-refractivity contribution in [2.24, 2.45) is 0 Å². The Labute approximate surface area is 135 Å². The molecule has 0 bridgehead atoms. The van der Waals surface area contributed by atoms with Crippen molar-refractivity contribution < 1.29 is 9.53 Å². The lowest BCUT2D eigenvalue weighted by Crippen LogP contribution is -2.26. The van der Waals surface area contributed by atoms with Gasteiger partial charge in [0.15, 0.2) is 0 Å². The van der Waals surface area contributed by atoms with Gasteiger partial charge in [-0.05, 0) is 57.9 Å². The minimum atomic E-state index is -0.454. The summed E-state index contributed by atoms with van der Waals surface area (Å²) >= 11 is 0. The summed E-state index contributed by atoms with van der Waals surface area (Å²) in [6.07, 6.45) is 4.77. The molecule has 0 aliphatic carbocycles. The Morgan fingerprint density at radius 3 is 1.91 bits per heavy atom. The molecular formula is C19H31NO2. The van der Waals surface area contributed by atoms with E-state index in [-0.39, 0.29) is 5.97 Å². The van der Waals surface area contributed by atoms with Crippen LogP contribution in [0.3, 0.4) is 0 Å². The number of unbranched alkanes of at least 4 members (excludes halogenated alkanes) is 2. The first-order chi connectivity index (χ1) is 10.4. The van der Waals surface area contributed by atoms with Crippen molar-refractivity contribution in [1.29, 1.82) is 0 Å². The van der Waals surface area contributed by atoms with Crippen molar-refractivity contribution in [3.63, 3.8) is 0 Å². The second-order valence-electron chi connectivity index (χ2n) is 6.74. The molecule has 0 atom stereocenters. The minimum Gasteiger partial charge on any atom is -0.456 e. The van der Waals surface area contributed by atoms with Crippen LogP contribution in [0.25, 0.3) is 0 Å². The van der Waals surface area contributed by atoms with E-state index in [2.05, 4.69) is 18.7 Å². The minimum absolute atomic E-state index is 0.257. The van der Waals surface area contributed by atoms with Crippen molar-refractivity contribution in [1.82, 2.24) is 0 Å². The maximum atomic E-state index is 12.0. The lowest BCUT2D eigenvalue weighted by Gasteiger charge is -2.25. The van der Waals surface area contributed by atoms with Gasteiger partial charge in [0.1, 0.15) is 5.60 Å². The molecule has 1 aromatic rings. The first-order valence-corrected chi connectivity index (χ1v) is 8.45. The molecule has 0 unspecified atom stereocenters. The molecule has 0 aliphatic rings. The van der Waals surface area contributed by atoms with Gasteiger partial charge in [-0.2, -0.15) is 0 Å². The molecule has 124 valence electrons. The second-order valence-corrected chi connectivity index (χ2v) is 6.74. The van der Waals surface area contributed by atoms with Crippen LogP contribution < -0.4 is 4.90 Å². The third kappa shape index (κ3) is 6.50. The van der Waals surface area contributed by atoms with Crippen LogP contribution in [0.2, 0.25) is 0 Å². The number of esters is 1. The Morgan fingerprint density at radius 1 is 1.00 bits per heavy atom. The van der Waals surface area contributed by atoms with Crippen LogP contribution in [-0.4, -0.2) is 24.7 Å². The van der Waals surface area contributed by atoms with Crippen LogP contribution in [-0.2, 0) is 4.74 Å². The van der Waals surface area contributed by atoms with Crippen LogP contribution in [0.4, 0.5) is 5.69 Å². The highest BCUT2D eigenvalue weighted by Crippen LogP contribution is 2.19. The van der Waals surface area contributed by atoms with Crippen LogP contribution in [0.5, 0.6) is 0 Å². The van der Waals surface area contributed by atoms with Gasteiger partial charge in [-0.15, -0.1) is 0 Å². The Kier molecular flexibility index (Phi) is 7.43. The van der Waals surface area contributed by atoms with Gasteiger partial charge in [0, 0.05) is 18.8 Å². The lowest BCUT2D eigenvalue weighted by atomic mass is 10.1. The third-order valence-electron chi connectivity index (χ3n) is 3.43. The van der Waals surface area contributed by atoms with E-state index >= 15 is 0 Å². The van der Waals surface area contributed by atoms with E-state index < -0.39 is 5.60 Å². The average Bonchev–Trinajstić information content (AvgIpc) is 2.46. The maximum Gasteiger partial charge on any atom is 0.338 e. The fourth-order valence-electron chi connectivity index (χ4n) is 2.21. The summed E-state index contributed by atoms with van der Waals surface area (Å²) in [6, 6.07) is 7.80. The summed E-state index contributed by atoms with van der Waals surface area (Å²) in [7, 11) is 0. The highest BCUT2D eigenvalue weighted by molar-refractivity contribution is 5.90. The molecule has 0 aromatic heterocycles. The number of benzene rings is 1. The Bertz CT molecular complexity index is 437. The predicted molar refractivity (Wildman–Crippen MR) is 93.6 cm³/mol. The van der Waals surface area contributed by atoms with E-state index in [4.69, 9.17) is 4.74 Å². The molecule has 0 spiro atoms. The van der Waals surface area contributed by atoms with Gasteiger partial charge in [-0.3, -0.25) is 0 Å². The summed E-state index contributed by atoms with van der Waals surface area (Å²) < 4.78 is 5.40. The number of carbonyl (C=O) groups excluding carboxylic acids is 1. The van der Waals surface area contributed by atoms with E-state index in [1.54, 1.807) is 0 Å². The van der Waals surface area contributed by atoms with Gasteiger partial charge in [-0.1, -0.05) is 26.7 Å². The molecule has 0 fully saturated rings. The van der Waals surface area contributed by atoms with Gasteiger partial charge in [0.25, 0.3) is 0 Å². The zero-order chi connectivity index (χ0) is 16.6. The van der Waals surface area contributed by atoms with E-state index in [0.717, 1.165) is 13.1 Å². The monoisotopic (exact) mass is 305 g/mol. The van der Waals surface area contributed by atoms with E-state index in [1.165, 1.54) is 31.4 Å². The molecule has 3 heteroatoms. The Hall–Kier alpha value is -1.51. The van der Waals surface area contributed by atoms with Gasteiger partial charge < -0.3 is 9.64 Å². The number of nitrogens with zero attached hydrogens (tertiary/aromatic N) is 1. The van der Waals surface area contributed by atoms with Gasteiger partial charge in [0.2, 0.25) is 0 Å². The predicted octanol–water partition coefficient (Wildman–Crippen LogP) is 5.05. The van der Waals surface area contributed by atoms with Crippen molar-refractivity contribution in [3.05, 3.63) is 29.8 Å². The number of rotatable bonds is 8. The molecule has 0 radical (unpaired) electrons. The van der Waals surface area contributed by atoms with Gasteiger partial charge >= 0.3 is 5.97 Å². The molecule has 0 heterocycles. The summed E-state index contributed by atoms with van der Waals surface area (Å²) in [5, 5.41) is 0. The van der Waals surface area contributed by atoms with Gasteiger partial charge in [0.05, 0.1) is 5.56 Å². The third-order valence-corrected chi connectivity index (χ3v) is 3.43. The van der Waals surface area contributed by atoms with Crippen LogP contribution in [0, 0.1) is 0 Å². The molecule has 0 saturated carbocycles. The van der Waals surface area contributed by atoms with Crippen molar-refractivity contribution in [3.8, 4) is 0 Å². The quantitative estimate of drug-likeness (QED) is 0.629. The topological polar surface area (TPSA) is 29.5 Å². The molecule has 1 aromatic carbocycles. The zero-order valence-electron chi connectivity index (χ0n) is 14.8. The van der Waals surface area contributed by atoms with Crippen molar-refractivity contribution in [2.75, 3.05) is 18.0 Å². The highest BCUT2D eigenvalue weighted by Gasteiger charge is 2.18. The number of anilines is 1. The molecular weight excluding hydrogens is 274 g/mol. The summed E-state index contributed by atoms with van der Waals surface area (Å²) in [5.74, 6) is -0.257. The smallest absolute Gasteiger partial charge is 0.338 e. The molecule has 0 saturated heterocycles. The molecule has 0 aliphatic heterocycles. The zero-order valence-corrected chi connectivity index (χ0v) is 14.8. The van der Waals surface area contributed by atoms with Crippen molar-refractivity contribution >= 4 is 11.7 Å². The molecule has 22 heavy (non-hydrogen) atoms. The highest BCUT2D eigenvalue weighted by atomic mass is 16.6. The largest absolute Gasteiger partial charge is 0.456 e. The number of ether oxygens (including phenoxy) is 1. The Balaban J connectivity index is 2.77. The first-order valence-electron chi connectivity index (χ1n) is 8.45. The first kappa shape index (κ1) is 18.5. The summed E-state index contributed by atoms with van der Waals surface area (Å²) in [5.41, 5.74) is 1.35. The normalized spacial score (nSPS) is 11.3. The maximum absolute atomic E-state index is 12.0. The molecule has 0 amide bonds. The van der Waals surface area contributed by atoms with Gasteiger partial charge in [-0.25, -0.2) is 4.79 Å². The average molecular weight is 305 g/mol. The molecule has 0 N–H and O–H groups in total.